The molecule has 18 heavy (non-hydrogen) atoms. The van der Waals surface area contributed by atoms with E-state index in [0.29, 0.717) is 12.3 Å². The topological polar surface area (TPSA) is 49.8 Å². The number of halogens is 1. The molecule has 0 aliphatic heterocycles. The first-order chi connectivity index (χ1) is 8.70. The maximum Gasteiger partial charge on any atom is 0.260 e. The molecule has 4 nitrogen and oxygen atoms in total. The van der Waals surface area contributed by atoms with Crippen molar-refractivity contribution in [2.24, 2.45) is 0 Å². The summed E-state index contributed by atoms with van der Waals surface area (Å²) in [5, 5.41) is 8.90. The molecule has 1 aromatic rings. The molecule has 5 heteroatoms. The Morgan fingerprint density at radius 1 is 1.50 bits per heavy atom. The first kappa shape index (κ1) is 12.8. The molecular weight excluding hydrogens is 237 g/mol. The van der Waals surface area contributed by atoms with Gasteiger partial charge in [-0.05, 0) is 25.0 Å². The summed E-state index contributed by atoms with van der Waals surface area (Å²) in [6.07, 6.45) is 1.96. The lowest BCUT2D eigenvalue weighted by Crippen LogP contribution is -2.38. The van der Waals surface area contributed by atoms with Crippen LogP contribution in [0, 0.1) is 5.82 Å². The monoisotopic (exact) mass is 253 g/mol. The summed E-state index contributed by atoms with van der Waals surface area (Å²) >= 11 is 0. The maximum absolute atomic E-state index is 12.9. The van der Waals surface area contributed by atoms with E-state index in [9.17, 15) is 9.18 Å². The lowest BCUT2D eigenvalue weighted by Gasteiger charge is -2.21. The largest absolute Gasteiger partial charge is 0.484 e. The van der Waals surface area contributed by atoms with Crippen LogP contribution in [0.3, 0.4) is 0 Å². The highest BCUT2D eigenvalue weighted by molar-refractivity contribution is 5.78. The Hall–Kier alpha value is -1.62. The van der Waals surface area contributed by atoms with E-state index >= 15 is 0 Å². The third kappa shape index (κ3) is 3.43. The van der Waals surface area contributed by atoms with Crippen LogP contribution < -0.4 is 4.74 Å². The third-order valence-electron chi connectivity index (χ3n) is 2.81. The van der Waals surface area contributed by atoms with E-state index in [2.05, 4.69) is 0 Å². The molecule has 1 aliphatic rings. The summed E-state index contributed by atoms with van der Waals surface area (Å²) in [5.41, 5.74) is 0. The molecule has 98 valence electrons. The fraction of sp³-hybridized carbons (Fsp3) is 0.462. The van der Waals surface area contributed by atoms with Crippen LogP contribution in [0.5, 0.6) is 5.75 Å². The Bertz CT molecular complexity index is 420. The van der Waals surface area contributed by atoms with E-state index in [1.165, 1.54) is 18.2 Å². The zero-order chi connectivity index (χ0) is 13.0. The van der Waals surface area contributed by atoms with Gasteiger partial charge < -0.3 is 14.7 Å². The zero-order valence-electron chi connectivity index (χ0n) is 10.0. The summed E-state index contributed by atoms with van der Waals surface area (Å²) in [6, 6.07) is 5.92. The number of hydrogen-bond donors (Lipinski definition) is 1. The molecule has 0 unspecified atom stereocenters. The standard InChI is InChI=1S/C13H16FNO3/c14-10-2-1-3-12(8-10)18-9-13(17)15(6-7-16)11-4-5-11/h1-3,8,11,16H,4-7,9H2. The van der Waals surface area contributed by atoms with Gasteiger partial charge in [-0.25, -0.2) is 4.39 Å². The smallest absolute Gasteiger partial charge is 0.260 e. The van der Waals surface area contributed by atoms with Crippen molar-refractivity contribution in [1.29, 1.82) is 0 Å². The van der Waals surface area contributed by atoms with Crippen LogP contribution in [0.1, 0.15) is 12.8 Å². The van der Waals surface area contributed by atoms with Gasteiger partial charge in [-0.1, -0.05) is 6.07 Å². The lowest BCUT2D eigenvalue weighted by molar-refractivity contribution is -0.134. The second-order valence-corrected chi connectivity index (χ2v) is 4.29. The van der Waals surface area contributed by atoms with E-state index in [1.807, 2.05) is 0 Å². The van der Waals surface area contributed by atoms with Crippen LogP contribution in [-0.2, 0) is 4.79 Å². The Morgan fingerprint density at radius 3 is 2.89 bits per heavy atom. The molecular formula is C13H16FNO3. The van der Waals surface area contributed by atoms with Crippen molar-refractivity contribution in [2.45, 2.75) is 18.9 Å². The molecule has 1 saturated carbocycles. The molecule has 0 radical (unpaired) electrons. The number of aliphatic hydroxyl groups is 1. The van der Waals surface area contributed by atoms with Gasteiger partial charge >= 0.3 is 0 Å². The summed E-state index contributed by atoms with van der Waals surface area (Å²) in [7, 11) is 0. The highest BCUT2D eigenvalue weighted by Gasteiger charge is 2.32. The number of aliphatic hydroxyl groups excluding tert-OH is 1. The predicted molar refractivity (Wildman–Crippen MR) is 63.7 cm³/mol. The van der Waals surface area contributed by atoms with Gasteiger partial charge in [0.15, 0.2) is 6.61 Å². The molecule has 0 bridgehead atoms. The zero-order valence-corrected chi connectivity index (χ0v) is 10.0. The summed E-state index contributed by atoms with van der Waals surface area (Å²) in [4.78, 5) is 13.5. The highest BCUT2D eigenvalue weighted by atomic mass is 19.1. The number of nitrogens with zero attached hydrogens (tertiary/aromatic N) is 1. The average Bonchev–Trinajstić information content (AvgIpc) is 3.17. The minimum Gasteiger partial charge on any atom is -0.484 e. The normalized spacial score (nSPS) is 14.3. The second-order valence-electron chi connectivity index (χ2n) is 4.29. The number of hydrogen-bond acceptors (Lipinski definition) is 3. The van der Waals surface area contributed by atoms with Gasteiger partial charge in [0.2, 0.25) is 0 Å². The number of benzene rings is 1. The van der Waals surface area contributed by atoms with E-state index in [-0.39, 0.29) is 25.2 Å². The van der Waals surface area contributed by atoms with Gasteiger partial charge in [0.25, 0.3) is 5.91 Å². The van der Waals surface area contributed by atoms with Crippen LogP contribution in [0.15, 0.2) is 24.3 Å². The Labute approximate surface area is 105 Å². The molecule has 2 rings (SSSR count). The molecule has 0 spiro atoms. The van der Waals surface area contributed by atoms with Gasteiger partial charge in [0.05, 0.1) is 6.61 Å². The van der Waals surface area contributed by atoms with Gasteiger partial charge in [0, 0.05) is 18.7 Å². The van der Waals surface area contributed by atoms with E-state index in [0.717, 1.165) is 12.8 Å². The first-order valence-corrected chi connectivity index (χ1v) is 5.99. The first-order valence-electron chi connectivity index (χ1n) is 5.99. The van der Waals surface area contributed by atoms with Gasteiger partial charge in [-0.3, -0.25) is 4.79 Å². The lowest BCUT2D eigenvalue weighted by atomic mass is 10.3. The van der Waals surface area contributed by atoms with Crippen molar-refractivity contribution < 1.29 is 19.0 Å². The van der Waals surface area contributed by atoms with E-state index < -0.39 is 5.82 Å². The van der Waals surface area contributed by atoms with Gasteiger partial charge in [-0.2, -0.15) is 0 Å². The van der Waals surface area contributed by atoms with E-state index in [4.69, 9.17) is 9.84 Å². The number of carbonyl (C=O) groups is 1. The summed E-state index contributed by atoms with van der Waals surface area (Å²) in [6.45, 7) is 0.151. The molecule has 1 N–H and O–H groups in total. The number of amides is 1. The summed E-state index contributed by atoms with van der Waals surface area (Å²) in [5.74, 6) is -0.228. The molecule has 1 aromatic carbocycles. The van der Waals surface area contributed by atoms with Crippen LogP contribution in [-0.4, -0.2) is 41.7 Å². The molecule has 0 heterocycles. The van der Waals surface area contributed by atoms with Crippen molar-refractivity contribution in [2.75, 3.05) is 19.8 Å². The molecule has 1 fully saturated rings. The molecule has 1 aliphatic carbocycles. The Kier molecular flexibility index (Phi) is 4.15. The molecule has 1 amide bonds. The molecule has 0 atom stereocenters. The van der Waals surface area contributed by atoms with Crippen LogP contribution in [0.25, 0.3) is 0 Å². The minimum absolute atomic E-state index is 0.0534. The second kappa shape index (κ2) is 5.82. The summed E-state index contributed by atoms with van der Waals surface area (Å²) < 4.78 is 18.1. The highest BCUT2D eigenvalue weighted by Crippen LogP contribution is 2.26. The van der Waals surface area contributed by atoms with Crippen molar-refractivity contribution in [3.8, 4) is 5.75 Å². The van der Waals surface area contributed by atoms with Crippen LogP contribution in [0.4, 0.5) is 4.39 Å². The van der Waals surface area contributed by atoms with Crippen molar-refractivity contribution in [1.82, 2.24) is 4.90 Å². The molecule has 0 aromatic heterocycles. The number of ether oxygens (including phenoxy) is 1. The Balaban J connectivity index is 1.86. The fourth-order valence-corrected chi connectivity index (χ4v) is 1.79. The van der Waals surface area contributed by atoms with Crippen LogP contribution in [0.2, 0.25) is 0 Å². The third-order valence-corrected chi connectivity index (χ3v) is 2.81. The van der Waals surface area contributed by atoms with Crippen molar-refractivity contribution in [3.05, 3.63) is 30.1 Å². The average molecular weight is 253 g/mol. The SMILES string of the molecule is O=C(COc1cccc(F)c1)N(CCO)C1CC1. The molecule has 0 saturated heterocycles. The maximum atomic E-state index is 12.9. The number of carbonyl (C=O) groups excluding carboxylic acids is 1. The number of rotatable bonds is 6. The van der Waals surface area contributed by atoms with E-state index in [1.54, 1.807) is 11.0 Å². The fourth-order valence-electron chi connectivity index (χ4n) is 1.79. The van der Waals surface area contributed by atoms with Gasteiger partial charge in [0.1, 0.15) is 11.6 Å². The van der Waals surface area contributed by atoms with Crippen molar-refractivity contribution >= 4 is 5.91 Å². The quantitative estimate of drug-likeness (QED) is 0.828. The van der Waals surface area contributed by atoms with Crippen LogP contribution >= 0.6 is 0 Å². The minimum atomic E-state index is -0.394. The van der Waals surface area contributed by atoms with Crippen molar-refractivity contribution in [3.63, 3.8) is 0 Å². The predicted octanol–water partition coefficient (Wildman–Crippen LogP) is 1.19. The Morgan fingerprint density at radius 2 is 2.28 bits per heavy atom. The van der Waals surface area contributed by atoms with Gasteiger partial charge in [-0.15, -0.1) is 0 Å².